The second-order valence-electron chi connectivity index (χ2n) is 7.43. The summed E-state index contributed by atoms with van der Waals surface area (Å²) in [6.45, 7) is 0.248. The van der Waals surface area contributed by atoms with Gasteiger partial charge in [0.05, 0.1) is 34.6 Å². The largest absolute Gasteiger partial charge is 0.362 e. The fraction of sp³-hybridized carbons (Fsp3) is 0.136. The van der Waals surface area contributed by atoms with E-state index in [0.717, 1.165) is 16.6 Å². The predicted octanol–water partition coefficient (Wildman–Crippen LogP) is 5.90. The molecule has 1 aromatic heterocycles. The van der Waals surface area contributed by atoms with Gasteiger partial charge in [-0.05, 0) is 42.5 Å². The zero-order valence-corrected chi connectivity index (χ0v) is 18.8. The lowest BCUT2D eigenvalue weighted by molar-refractivity contribution is -0.385. The Morgan fingerprint density at radius 3 is 1.94 bits per heavy atom. The minimum absolute atomic E-state index is 0.124. The van der Waals surface area contributed by atoms with Crippen LogP contribution >= 0.6 is 23.2 Å². The predicted molar refractivity (Wildman–Crippen MR) is 127 cm³/mol. The molecule has 33 heavy (non-hydrogen) atoms. The van der Waals surface area contributed by atoms with E-state index in [9.17, 15) is 20.2 Å². The lowest BCUT2D eigenvalue weighted by Crippen LogP contribution is -2.23. The molecule has 0 spiro atoms. The van der Waals surface area contributed by atoms with Gasteiger partial charge in [0.25, 0.3) is 11.4 Å². The molecular weight excluding hydrogens is 469 g/mol. The summed E-state index contributed by atoms with van der Waals surface area (Å²) in [5, 5.41) is 28.9. The van der Waals surface area contributed by atoms with E-state index in [-0.39, 0.29) is 34.5 Å². The zero-order valence-electron chi connectivity index (χ0n) is 17.3. The average molecular weight is 486 g/mol. The van der Waals surface area contributed by atoms with Crippen LogP contribution in [0.2, 0.25) is 10.0 Å². The summed E-state index contributed by atoms with van der Waals surface area (Å²) in [6, 6.07) is 14.6. The Labute approximate surface area is 198 Å². The van der Waals surface area contributed by atoms with Gasteiger partial charge >= 0.3 is 0 Å². The number of fused-ring (bicyclic) bond motifs is 1. The second kappa shape index (κ2) is 9.05. The number of nitrogens with zero attached hydrogens (tertiary/aromatic N) is 5. The third-order valence-corrected chi connectivity index (χ3v) is 5.78. The van der Waals surface area contributed by atoms with Crippen molar-refractivity contribution in [3.63, 3.8) is 0 Å². The molecule has 4 rings (SSSR count). The summed E-state index contributed by atoms with van der Waals surface area (Å²) in [5.41, 5.74) is 2.23. The molecule has 1 heterocycles. The number of aryl methyl sites for hydroxylation is 1. The van der Waals surface area contributed by atoms with Gasteiger partial charge in [0.2, 0.25) is 0 Å². The van der Waals surface area contributed by atoms with Crippen molar-refractivity contribution in [3.8, 4) is 0 Å². The van der Waals surface area contributed by atoms with Crippen LogP contribution in [0.3, 0.4) is 0 Å². The number of rotatable bonds is 7. The number of nitro groups is 2. The molecule has 0 aliphatic rings. The maximum atomic E-state index is 11.6. The fourth-order valence-electron chi connectivity index (χ4n) is 3.68. The molecule has 0 saturated heterocycles. The quantitative estimate of drug-likeness (QED) is 0.238. The molecule has 0 aliphatic heterocycles. The first-order chi connectivity index (χ1) is 15.7. The third-order valence-electron chi connectivity index (χ3n) is 5.31. The summed E-state index contributed by atoms with van der Waals surface area (Å²) >= 11 is 11.9. The van der Waals surface area contributed by atoms with E-state index in [2.05, 4.69) is 5.10 Å². The number of nitro benzene ring substituents is 2. The van der Waals surface area contributed by atoms with Crippen molar-refractivity contribution in [2.24, 2.45) is 7.05 Å². The Morgan fingerprint density at radius 1 is 0.879 bits per heavy atom. The van der Waals surface area contributed by atoms with Crippen molar-refractivity contribution in [1.82, 2.24) is 9.78 Å². The van der Waals surface area contributed by atoms with E-state index < -0.39 is 9.85 Å². The van der Waals surface area contributed by atoms with Crippen molar-refractivity contribution < 1.29 is 9.85 Å². The minimum Gasteiger partial charge on any atom is -0.362 e. The zero-order chi connectivity index (χ0) is 23.7. The Kier molecular flexibility index (Phi) is 6.17. The summed E-state index contributed by atoms with van der Waals surface area (Å²) in [5.74, 6) is 0. The normalized spacial score (nSPS) is 11.0. The van der Waals surface area contributed by atoms with Crippen LogP contribution in [-0.2, 0) is 20.1 Å². The maximum Gasteiger partial charge on any atom is 0.275 e. The van der Waals surface area contributed by atoms with Crippen LogP contribution in [0.4, 0.5) is 17.1 Å². The fourth-order valence-corrected chi connectivity index (χ4v) is 4.01. The first kappa shape index (κ1) is 22.5. The molecule has 11 heteroatoms. The molecule has 0 N–H and O–H groups in total. The molecular formula is C22H17Cl2N5O4. The van der Waals surface area contributed by atoms with Gasteiger partial charge in [-0.2, -0.15) is 5.10 Å². The van der Waals surface area contributed by atoms with Crippen molar-refractivity contribution in [2.45, 2.75) is 13.1 Å². The summed E-state index contributed by atoms with van der Waals surface area (Å²) in [7, 11) is 1.83. The van der Waals surface area contributed by atoms with Crippen LogP contribution in [0.1, 0.15) is 11.1 Å². The molecule has 0 atom stereocenters. The number of aromatic nitrogens is 2. The lowest BCUT2D eigenvalue weighted by atomic mass is 10.1. The van der Waals surface area contributed by atoms with Gasteiger partial charge in [-0.1, -0.05) is 23.2 Å². The molecule has 0 amide bonds. The van der Waals surface area contributed by atoms with Gasteiger partial charge in [-0.3, -0.25) is 24.9 Å². The van der Waals surface area contributed by atoms with Crippen molar-refractivity contribution in [1.29, 1.82) is 0 Å². The lowest BCUT2D eigenvalue weighted by Gasteiger charge is -2.25. The summed E-state index contributed by atoms with van der Waals surface area (Å²) in [4.78, 5) is 24.1. The highest BCUT2D eigenvalue weighted by Gasteiger charge is 2.22. The first-order valence-electron chi connectivity index (χ1n) is 9.75. The minimum atomic E-state index is -0.492. The summed E-state index contributed by atoms with van der Waals surface area (Å²) < 4.78 is 1.73. The topological polar surface area (TPSA) is 107 Å². The molecule has 168 valence electrons. The summed E-state index contributed by atoms with van der Waals surface area (Å²) in [6.07, 6.45) is 1.71. The highest BCUT2D eigenvalue weighted by molar-refractivity contribution is 6.31. The first-order valence-corrected chi connectivity index (χ1v) is 10.5. The van der Waals surface area contributed by atoms with Crippen LogP contribution in [-0.4, -0.2) is 19.6 Å². The van der Waals surface area contributed by atoms with E-state index in [1.165, 1.54) is 12.1 Å². The number of benzene rings is 3. The third kappa shape index (κ3) is 4.74. The van der Waals surface area contributed by atoms with Crippen molar-refractivity contribution in [2.75, 3.05) is 4.90 Å². The van der Waals surface area contributed by atoms with Gasteiger partial charge in [0.15, 0.2) is 0 Å². The van der Waals surface area contributed by atoms with Gasteiger partial charge in [-0.25, -0.2) is 0 Å². The van der Waals surface area contributed by atoms with Crippen molar-refractivity contribution >= 4 is 51.2 Å². The number of hydrogen-bond acceptors (Lipinski definition) is 6. The smallest absolute Gasteiger partial charge is 0.275 e. The Balaban J connectivity index is 1.80. The molecule has 0 fully saturated rings. The number of anilines is 1. The molecule has 0 unspecified atom stereocenters. The Bertz CT molecular complexity index is 1320. The van der Waals surface area contributed by atoms with Gasteiger partial charge in [-0.15, -0.1) is 0 Å². The van der Waals surface area contributed by atoms with Crippen LogP contribution in [0.5, 0.6) is 0 Å². The molecule has 3 aromatic carbocycles. The average Bonchev–Trinajstić information content (AvgIpc) is 3.15. The van der Waals surface area contributed by atoms with Crippen LogP contribution < -0.4 is 4.90 Å². The van der Waals surface area contributed by atoms with Crippen LogP contribution in [0.15, 0.2) is 60.8 Å². The standard InChI is InChI=1S/C22H17Cl2N5O4/c1-26-20-7-6-19(8-16(20)11-25-26)27(12-14-2-4-17(23)9-21(14)28(30)31)13-15-3-5-18(24)10-22(15)29(32)33/h2-11H,12-13H2,1H3. The highest BCUT2D eigenvalue weighted by atomic mass is 35.5. The highest BCUT2D eigenvalue weighted by Crippen LogP contribution is 2.31. The molecule has 4 aromatic rings. The van der Waals surface area contributed by atoms with E-state index in [4.69, 9.17) is 23.2 Å². The Morgan fingerprint density at radius 2 is 1.42 bits per heavy atom. The van der Waals surface area contributed by atoms with Crippen molar-refractivity contribution in [3.05, 3.63) is 102 Å². The van der Waals surface area contributed by atoms with Gasteiger partial charge in [0.1, 0.15) is 0 Å². The number of hydrogen-bond donors (Lipinski definition) is 0. The molecule has 9 nitrogen and oxygen atoms in total. The van der Waals surface area contributed by atoms with E-state index in [0.29, 0.717) is 11.1 Å². The van der Waals surface area contributed by atoms with Gasteiger partial charge in [0, 0.05) is 51.4 Å². The van der Waals surface area contributed by atoms with E-state index in [1.807, 2.05) is 30.1 Å². The molecule has 0 saturated carbocycles. The molecule has 0 radical (unpaired) electrons. The van der Waals surface area contributed by atoms with E-state index >= 15 is 0 Å². The monoisotopic (exact) mass is 485 g/mol. The number of halogens is 2. The maximum absolute atomic E-state index is 11.6. The Hall–Kier alpha value is -3.69. The molecule has 0 bridgehead atoms. The van der Waals surface area contributed by atoms with Crippen LogP contribution in [0.25, 0.3) is 10.9 Å². The van der Waals surface area contributed by atoms with Crippen LogP contribution in [0, 0.1) is 20.2 Å². The second-order valence-corrected chi connectivity index (χ2v) is 8.30. The van der Waals surface area contributed by atoms with E-state index in [1.54, 1.807) is 35.1 Å². The molecule has 0 aliphatic carbocycles. The SMILES string of the molecule is Cn1ncc2cc(N(Cc3ccc(Cl)cc3[N+](=O)[O-])Cc3ccc(Cl)cc3[N+](=O)[O-])ccc21. The van der Waals surface area contributed by atoms with Gasteiger partial charge < -0.3 is 4.90 Å².